The lowest BCUT2D eigenvalue weighted by atomic mass is 10.2. The molecule has 2 rings (SSSR count). The summed E-state index contributed by atoms with van der Waals surface area (Å²) in [5.41, 5.74) is -3.50. The van der Waals surface area contributed by atoms with Gasteiger partial charge in [0.05, 0.1) is 12.1 Å². The van der Waals surface area contributed by atoms with Gasteiger partial charge in [-0.2, -0.15) is 0 Å². The number of aromatic nitrogens is 2. The Morgan fingerprint density at radius 2 is 1.79 bits per heavy atom. The normalized spacial score (nSPS) is 21.6. The summed E-state index contributed by atoms with van der Waals surface area (Å²) >= 11 is 0. The van der Waals surface area contributed by atoms with Crippen LogP contribution < -0.4 is 11.2 Å². The van der Waals surface area contributed by atoms with Crippen molar-refractivity contribution in [3.8, 4) is 0 Å². The van der Waals surface area contributed by atoms with Gasteiger partial charge in [-0.1, -0.05) is 12.2 Å². The lowest BCUT2D eigenvalue weighted by molar-refractivity contribution is 0.0655. The van der Waals surface area contributed by atoms with Crippen molar-refractivity contribution in [1.82, 2.24) is 9.55 Å². The molecule has 0 saturated carbocycles. The fourth-order valence-electron chi connectivity index (χ4n) is 2.30. The topological polar surface area (TPSA) is 179 Å². The van der Waals surface area contributed by atoms with Crippen LogP contribution in [0.4, 0.5) is 0 Å². The van der Waals surface area contributed by atoms with Crippen molar-refractivity contribution in [3.05, 3.63) is 44.8 Å². The van der Waals surface area contributed by atoms with Gasteiger partial charge in [-0.15, -0.1) is 0 Å². The van der Waals surface area contributed by atoms with E-state index in [0.29, 0.717) is 0 Å². The maximum Gasteiger partial charge on any atom is 0.366 e. The van der Waals surface area contributed by atoms with Crippen molar-refractivity contribution in [3.63, 3.8) is 0 Å². The fourth-order valence-corrected chi connectivity index (χ4v) is 4.50. The number of rotatable bonds is 5. The van der Waals surface area contributed by atoms with E-state index in [1.807, 2.05) is 0 Å². The third kappa shape index (κ3) is 4.20. The fraction of sp³-hybridized carbons (Fsp3) is 0.455. The Balaban J connectivity index is 2.20. The van der Waals surface area contributed by atoms with Gasteiger partial charge in [-0.25, -0.2) is 4.79 Å². The van der Waals surface area contributed by atoms with Crippen LogP contribution in [0.1, 0.15) is 18.0 Å². The molecule has 0 fully saturated rings. The summed E-state index contributed by atoms with van der Waals surface area (Å²) < 4.78 is 28.5. The van der Waals surface area contributed by atoms with E-state index in [1.54, 1.807) is 0 Å². The standard InChI is InChI=1S/C11H16N2O9P2/c1-6-5-13(10(15)12-9(6)14)7-2-3-8(4-7)22-11(23(16,17)18)24(19,20)21/h2-3,5,7-8,11H,4H2,1H3,(H,12,14,15)(H2,16,17,18)(H2,19,20,21)/t7-,8+/m0/s1. The zero-order valence-corrected chi connectivity index (χ0v) is 14.1. The Morgan fingerprint density at radius 3 is 2.33 bits per heavy atom. The zero-order valence-electron chi connectivity index (χ0n) is 12.3. The second-order valence-electron chi connectivity index (χ2n) is 5.35. The van der Waals surface area contributed by atoms with E-state index in [9.17, 15) is 18.7 Å². The lowest BCUT2D eigenvalue weighted by Crippen LogP contribution is -2.33. The largest absolute Gasteiger partial charge is 0.366 e. The molecule has 24 heavy (non-hydrogen) atoms. The molecule has 0 aromatic carbocycles. The van der Waals surface area contributed by atoms with Crippen LogP contribution in [0.15, 0.2) is 27.9 Å². The first-order valence-electron chi connectivity index (χ1n) is 6.66. The van der Waals surface area contributed by atoms with Gasteiger partial charge in [-0.05, 0) is 6.92 Å². The number of nitrogens with one attached hydrogen (secondary N) is 1. The second kappa shape index (κ2) is 6.53. The van der Waals surface area contributed by atoms with Gasteiger partial charge in [0.1, 0.15) is 0 Å². The number of allylic oxidation sites excluding steroid dienone is 1. The lowest BCUT2D eigenvalue weighted by Gasteiger charge is -2.23. The molecule has 1 aliphatic rings. The monoisotopic (exact) mass is 382 g/mol. The number of hydrogen-bond donors (Lipinski definition) is 5. The molecule has 134 valence electrons. The summed E-state index contributed by atoms with van der Waals surface area (Å²) in [6, 6.07) is -0.591. The highest BCUT2D eigenvalue weighted by atomic mass is 31.2. The number of aryl methyl sites for hydroxylation is 1. The van der Waals surface area contributed by atoms with Crippen molar-refractivity contribution >= 4 is 15.2 Å². The highest BCUT2D eigenvalue weighted by molar-refractivity contribution is 7.70. The van der Waals surface area contributed by atoms with E-state index >= 15 is 0 Å². The van der Waals surface area contributed by atoms with Crippen molar-refractivity contribution in [2.45, 2.75) is 31.1 Å². The molecule has 0 spiro atoms. The predicted molar refractivity (Wildman–Crippen MR) is 81.6 cm³/mol. The Bertz CT molecular complexity index is 839. The molecule has 0 bridgehead atoms. The van der Waals surface area contributed by atoms with Gasteiger partial charge in [0.15, 0.2) is 0 Å². The minimum Gasteiger partial charge on any atom is -0.347 e. The van der Waals surface area contributed by atoms with Crippen LogP contribution >= 0.6 is 15.2 Å². The Morgan fingerprint density at radius 1 is 1.21 bits per heavy atom. The van der Waals surface area contributed by atoms with Crippen LogP contribution in [-0.4, -0.2) is 40.8 Å². The van der Waals surface area contributed by atoms with Crippen LogP contribution in [-0.2, 0) is 13.9 Å². The first-order valence-corrected chi connectivity index (χ1v) is 10.0. The average molecular weight is 382 g/mol. The molecule has 0 radical (unpaired) electrons. The Hall–Kier alpha value is -1.32. The van der Waals surface area contributed by atoms with Crippen molar-refractivity contribution < 1.29 is 33.4 Å². The van der Waals surface area contributed by atoms with E-state index in [2.05, 4.69) is 4.98 Å². The minimum atomic E-state index is -5.20. The van der Waals surface area contributed by atoms with Gasteiger partial charge in [-0.3, -0.25) is 23.5 Å². The molecule has 13 heteroatoms. The number of ether oxygens (including phenoxy) is 1. The molecule has 0 amide bonds. The second-order valence-corrected chi connectivity index (χ2v) is 9.05. The van der Waals surface area contributed by atoms with Crippen LogP contribution in [0.2, 0.25) is 0 Å². The van der Waals surface area contributed by atoms with E-state index in [0.717, 1.165) is 0 Å². The predicted octanol–water partition coefficient (Wildman–Crippen LogP) is -0.630. The summed E-state index contributed by atoms with van der Waals surface area (Å²) in [7, 11) is -10.4. The summed E-state index contributed by atoms with van der Waals surface area (Å²) in [6.45, 7) is 1.50. The van der Waals surface area contributed by atoms with Crippen LogP contribution in [0.5, 0.6) is 0 Å². The van der Waals surface area contributed by atoms with E-state index < -0.39 is 44.2 Å². The molecule has 1 heterocycles. The van der Waals surface area contributed by atoms with Crippen molar-refractivity contribution in [2.24, 2.45) is 0 Å². The minimum absolute atomic E-state index is 0.0158. The molecular formula is C11H16N2O9P2. The first-order chi connectivity index (χ1) is 10.9. The molecule has 0 saturated heterocycles. The Kier molecular flexibility index (Phi) is 5.17. The highest BCUT2D eigenvalue weighted by Crippen LogP contribution is 2.61. The van der Waals surface area contributed by atoms with Gasteiger partial charge in [0.25, 0.3) is 11.1 Å². The molecule has 1 aliphatic carbocycles. The molecule has 11 nitrogen and oxygen atoms in total. The number of aromatic amines is 1. The van der Waals surface area contributed by atoms with E-state index in [-0.39, 0.29) is 12.0 Å². The maximum absolute atomic E-state index is 11.8. The van der Waals surface area contributed by atoms with Crippen LogP contribution in [0, 0.1) is 6.92 Å². The smallest absolute Gasteiger partial charge is 0.347 e. The number of H-pyrrole nitrogens is 1. The highest BCUT2D eigenvalue weighted by Gasteiger charge is 2.46. The molecule has 2 atom stereocenters. The summed E-state index contributed by atoms with van der Waals surface area (Å²) in [5.74, 6) is 0. The van der Waals surface area contributed by atoms with Gasteiger partial charge in [0, 0.05) is 18.2 Å². The third-order valence-corrected chi connectivity index (χ3v) is 6.60. The van der Waals surface area contributed by atoms with E-state index in [4.69, 9.17) is 24.3 Å². The number of nitrogens with zero attached hydrogens (tertiary/aromatic N) is 1. The molecule has 0 aliphatic heterocycles. The van der Waals surface area contributed by atoms with Gasteiger partial charge in [0.2, 0.25) is 0 Å². The molecule has 1 aromatic rings. The first kappa shape index (κ1) is 19.0. The quantitative estimate of drug-likeness (QED) is 0.327. The van der Waals surface area contributed by atoms with Gasteiger partial charge < -0.3 is 24.3 Å². The Labute approximate surface area is 134 Å². The SMILES string of the molecule is Cc1cn([C@H]2C=C[C@@H](OC(P(=O)(O)O)P(=O)(O)O)C2)c(=O)[nH]c1=O. The number of hydrogen-bond acceptors (Lipinski definition) is 5. The summed E-state index contributed by atoms with van der Waals surface area (Å²) in [5, 5.41) is 0. The average Bonchev–Trinajstić information content (AvgIpc) is 2.86. The van der Waals surface area contributed by atoms with Crippen LogP contribution in [0.3, 0.4) is 0 Å². The molecule has 1 aromatic heterocycles. The molecule has 5 N–H and O–H groups in total. The van der Waals surface area contributed by atoms with Crippen molar-refractivity contribution in [1.29, 1.82) is 0 Å². The maximum atomic E-state index is 11.8. The summed E-state index contributed by atoms with van der Waals surface area (Å²) in [6.07, 6.45) is 3.15. The van der Waals surface area contributed by atoms with Gasteiger partial charge >= 0.3 is 20.9 Å². The zero-order chi connectivity index (χ0) is 18.3. The van der Waals surface area contributed by atoms with Crippen LogP contribution in [0.25, 0.3) is 0 Å². The van der Waals surface area contributed by atoms with E-state index in [1.165, 1.54) is 29.8 Å². The third-order valence-electron chi connectivity index (χ3n) is 3.40. The van der Waals surface area contributed by atoms with Crippen molar-refractivity contribution in [2.75, 3.05) is 0 Å². The summed E-state index contributed by atoms with van der Waals surface area (Å²) in [4.78, 5) is 61.4. The molecular weight excluding hydrogens is 366 g/mol. The molecule has 0 unspecified atom stereocenters.